The van der Waals surface area contributed by atoms with Gasteiger partial charge >= 0.3 is 5.69 Å². The first-order valence-electron chi connectivity index (χ1n) is 10.5. The minimum absolute atomic E-state index is 0.140. The Morgan fingerprint density at radius 3 is 2.77 bits per heavy atom. The summed E-state index contributed by atoms with van der Waals surface area (Å²) in [6, 6.07) is 7.06. The van der Waals surface area contributed by atoms with E-state index in [1.807, 2.05) is 4.57 Å². The minimum Gasteiger partial charge on any atom is -0.325 e. The zero-order chi connectivity index (χ0) is 21.5. The van der Waals surface area contributed by atoms with Crippen LogP contribution in [0, 0.1) is 0 Å². The highest BCUT2D eigenvalue weighted by Crippen LogP contribution is 2.28. The number of carbonyl (C=O) groups excluding carboxylic acids is 1. The first kappa shape index (κ1) is 22.8. The molecule has 1 aliphatic carbocycles. The minimum atomic E-state index is -0.208. The van der Waals surface area contributed by atoms with Crippen molar-refractivity contribution in [3.8, 4) is 0 Å². The van der Waals surface area contributed by atoms with E-state index in [-0.39, 0.29) is 17.3 Å². The topological polar surface area (TPSA) is 67.2 Å². The van der Waals surface area contributed by atoms with Crippen molar-refractivity contribution in [2.75, 3.05) is 30.7 Å². The molecule has 0 bridgehead atoms. The molecule has 8 heteroatoms. The van der Waals surface area contributed by atoms with Gasteiger partial charge in [-0.1, -0.05) is 43.3 Å². The molecule has 6 nitrogen and oxygen atoms in total. The fourth-order valence-corrected chi connectivity index (χ4v) is 4.84. The molecule has 1 aliphatic rings. The van der Waals surface area contributed by atoms with E-state index in [2.05, 4.69) is 29.0 Å². The van der Waals surface area contributed by atoms with E-state index in [1.165, 1.54) is 11.8 Å². The number of rotatable bonds is 9. The zero-order valence-corrected chi connectivity index (χ0v) is 19.2. The second-order valence-electron chi connectivity index (χ2n) is 7.36. The first-order chi connectivity index (χ1) is 14.5. The maximum atomic E-state index is 12.8. The Bertz CT molecular complexity index is 943. The van der Waals surface area contributed by atoms with Crippen molar-refractivity contribution >= 4 is 35.0 Å². The van der Waals surface area contributed by atoms with Gasteiger partial charge in [-0.2, -0.15) is 4.98 Å². The average Bonchev–Trinajstić information content (AvgIpc) is 2.74. The second kappa shape index (κ2) is 11.0. The number of hydrogen-bond acceptors (Lipinski definition) is 5. The van der Waals surface area contributed by atoms with Gasteiger partial charge in [0.1, 0.15) is 5.03 Å². The van der Waals surface area contributed by atoms with Crippen molar-refractivity contribution in [1.29, 1.82) is 0 Å². The van der Waals surface area contributed by atoms with Crippen molar-refractivity contribution in [3.63, 3.8) is 0 Å². The summed E-state index contributed by atoms with van der Waals surface area (Å²) in [5.74, 6) is 0.0637. The lowest BCUT2D eigenvalue weighted by atomic mass is 9.97. The summed E-state index contributed by atoms with van der Waals surface area (Å²) >= 11 is 7.31. The Hall–Kier alpha value is -1.83. The van der Waals surface area contributed by atoms with Crippen LogP contribution >= 0.6 is 23.4 Å². The van der Waals surface area contributed by atoms with Crippen LogP contribution in [-0.2, 0) is 24.2 Å². The SMILES string of the molecule is CCN(CC)CCn1c2c(c(SCC(=O)Nc3cccc(Cl)c3)nc1=O)CCCC2. The molecule has 0 aliphatic heterocycles. The molecule has 0 atom stereocenters. The van der Waals surface area contributed by atoms with Crippen molar-refractivity contribution in [2.45, 2.75) is 51.1 Å². The Balaban J connectivity index is 1.73. The molecular weight excluding hydrogens is 420 g/mol. The number of nitrogens with one attached hydrogen (secondary N) is 1. The molecule has 3 rings (SSSR count). The Kier molecular flexibility index (Phi) is 8.36. The van der Waals surface area contributed by atoms with E-state index >= 15 is 0 Å². The van der Waals surface area contributed by atoms with Crippen LogP contribution in [0.5, 0.6) is 0 Å². The molecule has 0 fully saturated rings. The summed E-state index contributed by atoms with van der Waals surface area (Å²) in [4.78, 5) is 31.8. The van der Waals surface area contributed by atoms with Crippen LogP contribution in [0.1, 0.15) is 37.9 Å². The van der Waals surface area contributed by atoms with Crippen LogP contribution in [0.4, 0.5) is 5.69 Å². The number of halogens is 1. The van der Waals surface area contributed by atoms with Crippen molar-refractivity contribution in [3.05, 3.63) is 51.0 Å². The molecule has 2 aromatic rings. The van der Waals surface area contributed by atoms with E-state index in [9.17, 15) is 9.59 Å². The summed E-state index contributed by atoms with van der Waals surface area (Å²) in [7, 11) is 0. The molecule has 30 heavy (non-hydrogen) atoms. The monoisotopic (exact) mass is 448 g/mol. The molecule has 0 saturated carbocycles. The standard InChI is InChI=1S/C22H29ClN4O2S/c1-3-26(4-2)12-13-27-19-11-6-5-10-18(19)21(25-22(27)29)30-15-20(28)24-17-9-7-8-16(23)14-17/h7-9,14H,3-6,10-13,15H2,1-2H3,(H,24,28). The zero-order valence-electron chi connectivity index (χ0n) is 17.6. The normalized spacial score (nSPS) is 13.3. The third-order valence-electron chi connectivity index (χ3n) is 5.43. The van der Waals surface area contributed by atoms with E-state index in [1.54, 1.807) is 24.3 Å². The molecule has 1 heterocycles. The smallest absolute Gasteiger partial charge is 0.325 e. The van der Waals surface area contributed by atoms with Gasteiger partial charge in [0.15, 0.2) is 0 Å². The summed E-state index contributed by atoms with van der Waals surface area (Å²) in [6.45, 7) is 7.71. The second-order valence-corrected chi connectivity index (χ2v) is 8.76. The Morgan fingerprint density at radius 2 is 2.03 bits per heavy atom. The highest BCUT2D eigenvalue weighted by Gasteiger charge is 2.21. The van der Waals surface area contributed by atoms with Gasteiger partial charge in [0.05, 0.1) is 5.75 Å². The lowest BCUT2D eigenvalue weighted by molar-refractivity contribution is -0.113. The molecule has 1 N–H and O–H groups in total. The third-order valence-corrected chi connectivity index (χ3v) is 6.69. The van der Waals surface area contributed by atoms with Crippen LogP contribution in [0.3, 0.4) is 0 Å². The van der Waals surface area contributed by atoms with Gasteiger partial charge in [-0.05, 0) is 57.0 Å². The number of likely N-dealkylation sites (N-methyl/N-ethyl adjacent to an activating group) is 1. The van der Waals surface area contributed by atoms with Crippen LogP contribution in [-0.4, -0.2) is 45.7 Å². The van der Waals surface area contributed by atoms with Crippen LogP contribution in [0.15, 0.2) is 34.1 Å². The number of aromatic nitrogens is 2. The largest absolute Gasteiger partial charge is 0.348 e. The van der Waals surface area contributed by atoms with Gasteiger partial charge in [0.2, 0.25) is 5.91 Å². The highest BCUT2D eigenvalue weighted by molar-refractivity contribution is 8.00. The molecule has 1 amide bonds. The number of benzene rings is 1. The van der Waals surface area contributed by atoms with E-state index in [0.717, 1.165) is 56.6 Å². The molecule has 1 aromatic heterocycles. The number of nitrogens with zero attached hydrogens (tertiary/aromatic N) is 3. The summed E-state index contributed by atoms with van der Waals surface area (Å²) in [5, 5.41) is 4.12. The van der Waals surface area contributed by atoms with Crippen LogP contribution in [0.25, 0.3) is 0 Å². The van der Waals surface area contributed by atoms with Gasteiger partial charge in [0, 0.05) is 35.1 Å². The maximum absolute atomic E-state index is 12.8. The summed E-state index contributed by atoms with van der Waals surface area (Å²) in [6.07, 6.45) is 3.98. The van der Waals surface area contributed by atoms with Gasteiger partial charge in [0.25, 0.3) is 0 Å². The lowest BCUT2D eigenvalue weighted by Gasteiger charge is -2.24. The number of hydrogen-bond donors (Lipinski definition) is 1. The maximum Gasteiger partial charge on any atom is 0.348 e. The van der Waals surface area contributed by atoms with Crippen LogP contribution < -0.4 is 11.0 Å². The van der Waals surface area contributed by atoms with E-state index in [0.29, 0.717) is 22.3 Å². The number of fused-ring (bicyclic) bond motifs is 1. The number of thioether (sulfide) groups is 1. The first-order valence-corrected chi connectivity index (χ1v) is 11.9. The van der Waals surface area contributed by atoms with Crippen molar-refractivity contribution in [2.24, 2.45) is 0 Å². The summed E-state index contributed by atoms with van der Waals surface area (Å²) < 4.78 is 1.85. The predicted octanol–water partition coefficient (Wildman–Crippen LogP) is 3.85. The van der Waals surface area contributed by atoms with E-state index in [4.69, 9.17) is 11.6 Å². The third kappa shape index (κ3) is 5.86. The van der Waals surface area contributed by atoms with Crippen molar-refractivity contribution in [1.82, 2.24) is 14.5 Å². The fourth-order valence-electron chi connectivity index (χ4n) is 3.78. The Morgan fingerprint density at radius 1 is 1.27 bits per heavy atom. The van der Waals surface area contributed by atoms with Gasteiger partial charge in [-0.15, -0.1) is 0 Å². The number of anilines is 1. The highest BCUT2D eigenvalue weighted by atomic mass is 35.5. The number of amides is 1. The van der Waals surface area contributed by atoms with Crippen molar-refractivity contribution < 1.29 is 4.79 Å². The van der Waals surface area contributed by atoms with Gasteiger partial charge in [-0.3, -0.25) is 9.36 Å². The average molecular weight is 449 g/mol. The van der Waals surface area contributed by atoms with E-state index < -0.39 is 0 Å². The molecule has 0 spiro atoms. The molecular formula is C22H29ClN4O2S. The molecule has 0 unspecified atom stereocenters. The van der Waals surface area contributed by atoms with Gasteiger partial charge < -0.3 is 10.2 Å². The van der Waals surface area contributed by atoms with Gasteiger partial charge in [-0.25, -0.2) is 4.79 Å². The molecule has 162 valence electrons. The predicted molar refractivity (Wildman–Crippen MR) is 124 cm³/mol. The quantitative estimate of drug-likeness (QED) is 0.466. The lowest BCUT2D eigenvalue weighted by Crippen LogP contribution is -2.35. The molecule has 0 saturated heterocycles. The number of carbonyl (C=O) groups is 1. The molecule has 1 aromatic carbocycles. The molecule has 0 radical (unpaired) electrons. The van der Waals surface area contributed by atoms with Crippen LogP contribution in [0.2, 0.25) is 5.02 Å². The summed E-state index contributed by atoms with van der Waals surface area (Å²) in [5.41, 5.74) is 2.70. The Labute approximate surface area is 187 Å². The fraction of sp³-hybridized carbons (Fsp3) is 0.500.